The molecule has 6 heteroatoms. The minimum Gasteiger partial charge on any atom is -0.375 e. The van der Waals surface area contributed by atoms with E-state index in [1.165, 1.54) is 5.56 Å². The van der Waals surface area contributed by atoms with Crippen LogP contribution in [0.15, 0.2) is 55.0 Å². The van der Waals surface area contributed by atoms with Gasteiger partial charge < -0.3 is 14.6 Å². The number of amides is 1. The van der Waals surface area contributed by atoms with Gasteiger partial charge in [0, 0.05) is 62.2 Å². The molecule has 168 valence electrons. The minimum atomic E-state index is 0.219. The third-order valence-corrected chi connectivity index (χ3v) is 6.86. The van der Waals surface area contributed by atoms with E-state index in [1.807, 2.05) is 41.7 Å². The van der Waals surface area contributed by atoms with E-state index in [9.17, 15) is 4.79 Å². The van der Waals surface area contributed by atoms with Crippen molar-refractivity contribution in [2.24, 2.45) is 0 Å². The maximum Gasteiger partial charge on any atom is 0.227 e. The van der Waals surface area contributed by atoms with Crippen LogP contribution in [-0.4, -0.2) is 64.1 Å². The van der Waals surface area contributed by atoms with Crippen molar-refractivity contribution in [3.05, 3.63) is 66.1 Å². The van der Waals surface area contributed by atoms with Crippen molar-refractivity contribution in [1.82, 2.24) is 19.8 Å². The zero-order chi connectivity index (χ0) is 21.8. The number of fused-ring (bicyclic) bond motifs is 1. The van der Waals surface area contributed by atoms with Gasteiger partial charge in [-0.15, -0.1) is 0 Å². The molecule has 1 amide bonds. The van der Waals surface area contributed by atoms with Gasteiger partial charge in [-0.2, -0.15) is 0 Å². The lowest BCUT2D eigenvalue weighted by Gasteiger charge is -2.37. The summed E-state index contributed by atoms with van der Waals surface area (Å²) in [5, 5.41) is 1.15. The summed E-state index contributed by atoms with van der Waals surface area (Å²) in [5.41, 5.74) is 3.45. The average molecular weight is 433 g/mol. The molecule has 0 atom stereocenters. The lowest BCUT2D eigenvalue weighted by atomic mass is 10.0. The molecule has 5 rings (SSSR count). The Labute approximate surface area is 189 Å². The van der Waals surface area contributed by atoms with E-state index in [0.29, 0.717) is 12.5 Å². The fourth-order valence-electron chi connectivity index (χ4n) is 5.02. The van der Waals surface area contributed by atoms with Gasteiger partial charge in [-0.25, -0.2) is 0 Å². The van der Waals surface area contributed by atoms with Crippen molar-refractivity contribution in [3.8, 4) is 0 Å². The Bertz CT molecular complexity index is 1020. The number of H-pyrrole nitrogens is 1. The molecule has 1 N–H and O–H groups in total. The summed E-state index contributed by atoms with van der Waals surface area (Å²) in [4.78, 5) is 24.8. The molecule has 0 aliphatic carbocycles. The molecule has 2 aliphatic heterocycles. The standard InChI is InChI=1S/C26H32N4O2/c31-26(16-21-18-28-25-6-2-1-5-24(21)25)30-14-9-23(10-15-30)32-22-7-12-29(13-8-22)19-20-4-3-11-27-17-20/h1-6,11,17-18,22-23,28H,7-10,12-16,19H2. The predicted molar refractivity (Wildman–Crippen MR) is 125 cm³/mol. The number of pyridine rings is 1. The van der Waals surface area contributed by atoms with Crippen molar-refractivity contribution < 1.29 is 9.53 Å². The van der Waals surface area contributed by atoms with Gasteiger partial charge in [0.25, 0.3) is 0 Å². The monoisotopic (exact) mass is 432 g/mol. The number of ether oxygens (including phenoxy) is 1. The van der Waals surface area contributed by atoms with Gasteiger partial charge in [0.05, 0.1) is 18.6 Å². The van der Waals surface area contributed by atoms with E-state index in [1.54, 1.807) is 0 Å². The second-order valence-electron chi connectivity index (χ2n) is 9.09. The van der Waals surface area contributed by atoms with E-state index in [0.717, 1.165) is 74.9 Å². The molecular weight excluding hydrogens is 400 g/mol. The van der Waals surface area contributed by atoms with E-state index < -0.39 is 0 Å². The highest BCUT2D eigenvalue weighted by molar-refractivity contribution is 5.88. The third-order valence-electron chi connectivity index (χ3n) is 6.86. The number of carbonyl (C=O) groups excluding carboxylic acids is 1. The molecule has 3 aromatic rings. The van der Waals surface area contributed by atoms with Crippen molar-refractivity contribution >= 4 is 16.8 Å². The maximum atomic E-state index is 12.9. The molecule has 6 nitrogen and oxygen atoms in total. The Morgan fingerprint density at radius 1 is 1.00 bits per heavy atom. The summed E-state index contributed by atoms with van der Waals surface area (Å²) in [5.74, 6) is 0.219. The Morgan fingerprint density at radius 2 is 1.75 bits per heavy atom. The van der Waals surface area contributed by atoms with E-state index in [4.69, 9.17) is 4.74 Å². The number of hydrogen-bond donors (Lipinski definition) is 1. The number of piperidine rings is 2. The highest BCUT2D eigenvalue weighted by atomic mass is 16.5. The van der Waals surface area contributed by atoms with Crippen LogP contribution in [0.2, 0.25) is 0 Å². The van der Waals surface area contributed by atoms with Gasteiger partial charge in [-0.1, -0.05) is 24.3 Å². The Balaban J connectivity index is 1.05. The SMILES string of the molecule is O=C(Cc1c[nH]c2ccccc12)N1CCC(OC2CCN(Cc3cccnc3)CC2)CC1. The first-order valence-electron chi connectivity index (χ1n) is 11.8. The number of hydrogen-bond acceptors (Lipinski definition) is 4. The van der Waals surface area contributed by atoms with Gasteiger partial charge in [0.15, 0.2) is 0 Å². The number of rotatable bonds is 6. The number of nitrogens with one attached hydrogen (secondary N) is 1. The molecule has 2 aliphatic rings. The molecule has 1 aromatic carbocycles. The minimum absolute atomic E-state index is 0.219. The van der Waals surface area contributed by atoms with Crippen LogP contribution in [0.3, 0.4) is 0 Å². The van der Waals surface area contributed by atoms with Gasteiger partial charge in [0.1, 0.15) is 0 Å². The second-order valence-corrected chi connectivity index (χ2v) is 9.09. The lowest BCUT2D eigenvalue weighted by molar-refractivity contribution is -0.134. The van der Waals surface area contributed by atoms with Gasteiger partial charge in [-0.3, -0.25) is 14.7 Å². The summed E-state index contributed by atoms with van der Waals surface area (Å²) >= 11 is 0. The first-order valence-corrected chi connectivity index (χ1v) is 11.8. The van der Waals surface area contributed by atoms with Crippen molar-refractivity contribution in [2.75, 3.05) is 26.2 Å². The molecular formula is C26H32N4O2. The highest BCUT2D eigenvalue weighted by Gasteiger charge is 2.27. The van der Waals surface area contributed by atoms with Crippen LogP contribution < -0.4 is 0 Å². The molecule has 2 aromatic heterocycles. The van der Waals surface area contributed by atoms with Crippen LogP contribution in [0.4, 0.5) is 0 Å². The number of carbonyl (C=O) groups is 1. The summed E-state index contributed by atoms with van der Waals surface area (Å²) < 4.78 is 6.44. The first kappa shape index (κ1) is 21.2. The Hall–Kier alpha value is -2.70. The number of benzene rings is 1. The maximum absolute atomic E-state index is 12.9. The largest absolute Gasteiger partial charge is 0.375 e. The number of likely N-dealkylation sites (tertiary alicyclic amines) is 2. The molecule has 2 saturated heterocycles. The topological polar surface area (TPSA) is 61.5 Å². The predicted octanol–water partition coefficient (Wildman–Crippen LogP) is 3.78. The number of aromatic amines is 1. The number of nitrogens with zero attached hydrogens (tertiary/aromatic N) is 3. The van der Waals surface area contributed by atoms with Crippen LogP contribution in [0.25, 0.3) is 10.9 Å². The smallest absolute Gasteiger partial charge is 0.227 e. The number of aromatic nitrogens is 2. The molecule has 4 heterocycles. The zero-order valence-corrected chi connectivity index (χ0v) is 18.6. The van der Waals surface area contributed by atoms with E-state index in [-0.39, 0.29) is 12.0 Å². The molecule has 0 saturated carbocycles. The summed E-state index contributed by atoms with van der Waals surface area (Å²) in [6.07, 6.45) is 10.9. The van der Waals surface area contributed by atoms with Crippen molar-refractivity contribution in [2.45, 2.75) is 50.9 Å². The zero-order valence-electron chi connectivity index (χ0n) is 18.6. The molecule has 0 unspecified atom stereocenters. The molecule has 0 bridgehead atoms. The van der Waals surface area contributed by atoms with Crippen LogP contribution in [0, 0.1) is 0 Å². The lowest BCUT2D eigenvalue weighted by Crippen LogP contribution is -2.44. The van der Waals surface area contributed by atoms with Gasteiger partial charge in [-0.05, 0) is 48.9 Å². The Morgan fingerprint density at radius 3 is 2.50 bits per heavy atom. The first-order chi connectivity index (χ1) is 15.7. The average Bonchev–Trinajstić information content (AvgIpc) is 3.24. The normalized spacial score (nSPS) is 18.9. The fraction of sp³-hybridized carbons (Fsp3) is 0.462. The molecule has 32 heavy (non-hydrogen) atoms. The molecule has 2 fully saturated rings. The highest BCUT2D eigenvalue weighted by Crippen LogP contribution is 2.23. The van der Waals surface area contributed by atoms with Crippen LogP contribution in [0.1, 0.15) is 36.8 Å². The fourth-order valence-corrected chi connectivity index (χ4v) is 5.02. The van der Waals surface area contributed by atoms with Gasteiger partial charge in [0.2, 0.25) is 5.91 Å². The van der Waals surface area contributed by atoms with Gasteiger partial charge >= 0.3 is 0 Å². The van der Waals surface area contributed by atoms with Crippen LogP contribution in [-0.2, 0) is 22.5 Å². The van der Waals surface area contributed by atoms with Crippen LogP contribution >= 0.6 is 0 Å². The second kappa shape index (κ2) is 9.84. The van der Waals surface area contributed by atoms with Crippen molar-refractivity contribution in [1.29, 1.82) is 0 Å². The Kier molecular flexibility index (Phi) is 6.51. The molecule has 0 radical (unpaired) electrons. The van der Waals surface area contributed by atoms with E-state index in [2.05, 4.69) is 33.1 Å². The quantitative estimate of drug-likeness (QED) is 0.644. The summed E-state index contributed by atoms with van der Waals surface area (Å²) in [6.45, 7) is 4.71. The van der Waals surface area contributed by atoms with E-state index >= 15 is 0 Å². The summed E-state index contributed by atoms with van der Waals surface area (Å²) in [7, 11) is 0. The third kappa shape index (κ3) is 5.03. The summed E-state index contributed by atoms with van der Waals surface area (Å²) in [6, 6.07) is 12.3. The number of para-hydroxylation sites is 1. The van der Waals surface area contributed by atoms with Crippen molar-refractivity contribution in [3.63, 3.8) is 0 Å². The molecule has 0 spiro atoms. The van der Waals surface area contributed by atoms with Crippen LogP contribution in [0.5, 0.6) is 0 Å².